The van der Waals surface area contributed by atoms with E-state index < -0.39 is 11.8 Å². The molecule has 1 saturated heterocycles. The van der Waals surface area contributed by atoms with Gasteiger partial charge in [-0.1, -0.05) is 0 Å². The zero-order valence-electron chi connectivity index (χ0n) is 12.7. The molecular formula is C15H18BrN3O4. The largest absolute Gasteiger partial charge is 0.496 e. The lowest BCUT2D eigenvalue weighted by molar-refractivity contribution is -0.139. The number of rotatable bonds is 5. The molecule has 1 aromatic rings. The number of hydrogen-bond donors (Lipinski definition) is 2. The summed E-state index contributed by atoms with van der Waals surface area (Å²) in [4.78, 5) is 23.2. The molecule has 1 heterocycles. The van der Waals surface area contributed by atoms with Gasteiger partial charge in [0.15, 0.2) is 0 Å². The lowest BCUT2D eigenvalue weighted by Crippen LogP contribution is -2.41. The van der Waals surface area contributed by atoms with Crippen LogP contribution in [0.25, 0.3) is 0 Å². The van der Waals surface area contributed by atoms with Gasteiger partial charge < -0.3 is 14.8 Å². The molecule has 0 aliphatic carbocycles. The Kier molecular flexibility index (Phi) is 6.54. The van der Waals surface area contributed by atoms with Gasteiger partial charge in [-0.2, -0.15) is 5.10 Å². The summed E-state index contributed by atoms with van der Waals surface area (Å²) in [6.45, 7) is 1.04. The number of hydrazone groups is 1. The number of nitrogens with one attached hydrogen (secondary N) is 2. The molecule has 23 heavy (non-hydrogen) atoms. The van der Waals surface area contributed by atoms with Crippen LogP contribution in [0, 0.1) is 0 Å². The fourth-order valence-corrected chi connectivity index (χ4v) is 2.63. The molecule has 0 unspecified atom stereocenters. The minimum Gasteiger partial charge on any atom is -0.496 e. The minimum atomic E-state index is -0.813. The van der Waals surface area contributed by atoms with Crippen LogP contribution in [0.5, 0.6) is 5.75 Å². The SMILES string of the molecule is COc1ccc(/C=N\NC(=O)C(=O)NC[C@@H]2CCCO2)cc1Br. The van der Waals surface area contributed by atoms with E-state index in [1.54, 1.807) is 25.3 Å². The van der Waals surface area contributed by atoms with Crippen molar-refractivity contribution in [2.45, 2.75) is 18.9 Å². The predicted octanol–water partition coefficient (Wildman–Crippen LogP) is 1.20. The Balaban J connectivity index is 1.78. The predicted molar refractivity (Wildman–Crippen MR) is 88.4 cm³/mol. The van der Waals surface area contributed by atoms with Crippen LogP contribution in [0.3, 0.4) is 0 Å². The van der Waals surface area contributed by atoms with Crippen LogP contribution in [0.15, 0.2) is 27.8 Å². The average molecular weight is 384 g/mol. The molecule has 2 amide bonds. The van der Waals surface area contributed by atoms with E-state index in [2.05, 4.69) is 31.8 Å². The summed E-state index contributed by atoms with van der Waals surface area (Å²) < 4.78 is 11.2. The fourth-order valence-electron chi connectivity index (χ4n) is 2.07. The highest BCUT2D eigenvalue weighted by Gasteiger charge is 2.18. The van der Waals surface area contributed by atoms with E-state index in [-0.39, 0.29) is 6.10 Å². The van der Waals surface area contributed by atoms with E-state index in [4.69, 9.17) is 9.47 Å². The van der Waals surface area contributed by atoms with Crippen molar-refractivity contribution in [1.82, 2.24) is 10.7 Å². The van der Waals surface area contributed by atoms with Crippen molar-refractivity contribution in [3.63, 3.8) is 0 Å². The second kappa shape index (κ2) is 8.64. The Morgan fingerprint density at radius 3 is 2.96 bits per heavy atom. The third kappa shape index (κ3) is 5.33. The van der Waals surface area contributed by atoms with Crippen molar-refractivity contribution in [3.05, 3.63) is 28.2 Å². The zero-order valence-corrected chi connectivity index (χ0v) is 14.3. The third-order valence-electron chi connectivity index (χ3n) is 3.28. The third-order valence-corrected chi connectivity index (χ3v) is 3.90. The van der Waals surface area contributed by atoms with Crippen LogP contribution in [0.4, 0.5) is 0 Å². The van der Waals surface area contributed by atoms with Gasteiger partial charge in [-0.25, -0.2) is 5.43 Å². The summed E-state index contributed by atoms with van der Waals surface area (Å²) in [6.07, 6.45) is 3.31. The van der Waals surface area contributed by atoms with Gasteiger partial charge >= 0.3 is 11.8 Å². The number of hydrogen-bond acceptors (Lipinski definition) is 5. The molecule has 1 aromatic carbocycles. The first-order valence-electron chi connectivity index (χ1n) is 7.16. The molecule has 0 spiro atoms. The lowest BCUT2D eigenvalue weighted by atomic mass is 10.2. The van der Waals surface area contributed by atoms with Gasteiger partial charge in [0.2, 0.25) is 0 Å². The standard InChI is InChI=1S/C15H18BrN3O4/c1-22-13-5-4-10(7-12(13)16)8-18-19-15(21)14(20)17-9-11-3-2-6-23-11/h4-5,7-8,11H,2-3,6,9H2,1H3,(H,17,20)(H,19,21)/b18-8-/t11-/m0/s1. The first kappa shape index (κ1) is 17.4. The molecule has 0 saturated carbocycles. The first-order valence-corrected chi connectivity index (χ1v) is 7.96. The molecule has 1 aliphatic heterocycles. The number of halogens is 1. The molecule has 1 aliphatic rings. The highest BCUT2D eigenvalue weighted by Crippen LogP contribution is 2.24. The number of amides is 2. The van der Waals surface area contributed by atoms with Crippen LogP contribution in [0.2, 0.25) is 0 Å². The highest BCUT2D eigenvalue weighted by molar-refractivity contribution is 9.10. The van der Waals surface area contributed by atoms with Gasteiger partial charge in [-0.05, 0) is 52.5 Å². The summed E-state index contributed by atoms with van der Waals surface area (Å²) in [5.41, 5.74) is 2.93. The van der Waals surface area contributed by atoms with E-state index in [1.165, 1.54) is 6.21 Å². The van der Waals surface area contributed by atoms with Crippen LogP contribution >= 0.6 is 15.9 Å². The van der Waals surface area contributed by atoms with Gasteiger partial charge in [-0.3, -0.25) is 9.59 Å². The van der Waals surface area contributed by atoms with Crippen molar-refractivity contribution >= 4 is 34.0 Å². The molecule has 0 radical (unpaired) electrons. The molecule has 8 heteroatoms. The van der Waals surface area contributed by atoms with E-state index in [0.29, 0.717) is 18.9 Å². The zero-order chi connectivity index (χ0) is 16.7. The van der Waals surface area contributed by atoms with Crippen molar-refractivity contribution in [1.29, 1.82) is 0 Å². The van der Waals surface area contributed by atoms with Crippen molar-refractivity contribution in [2.75, 3.05) is 20.3 Å². The Morgan fingerprint density at radius 1 is 1.48 bits per heavy atom. The maximum Gasteiger partial charge on any atom is 0.329 e. The first-order chi connectivity index (χ1) is 11.1. The summed E-state index contributed by atoms with van der Waals surface area (Å²) >= 11 is 3.35. The highest BCUT2D eigenvalue weighted by atomic mass is 79.9. The Labute approximate surface area is 142 Å². The van der Waals surface area contributed by atoms with Gasteiger partial charge in [0, 0.05) is 13.2 Å². The van der Waals surface area contributed by atoms with Gasteiger partial charge in [0.1, 0.15) is 5.75 Å². The van der Waals surface area contributed by atoms with Gasteiger partial charge in [-0.15, -0.1) is 0 Å². The normalized spacial score (nSPS) is 17.2. The molecular weight excluding hydrogens is 366 g/mol. The number of carbonyl (C=O) groups excluding carboxylic acids is 2. The molecule has 2 N–H and O–H groups in total. The summed E-state index contributed by atoms with van der Waals surface area (Å²) in [6, 6.07) is 5.32. The number of methoxy groups -OCH3 is 1. The van der Waals surface area contributed by atoms with Crippen molar-refractivity contribution in [2.24, 2.45) is 5.10 Å². The molecule has 7 nitrogen and oxygen atoms in total. The van der Waals surface area contributed by atoms with Crippen LogP contribution in [0.1, 0.15) is 18.4 Å². The maximum absolute atomic E-state index is 11.6. The number of carbonyl (C=O) groups is 2. The van der Waals surface area contributed by atoms with Crippen molar-refractivity contribution in [3.8, 4) is 5.75 Å². The quantitative estimate of drug-likeness (QED) is 0.454. The number of ether oxygens (including phenoxy) is 2. The molecule has 2 rings (SSSR count). The Bertz CT molecular complexity index is 600. The smallest absolute Gasteiger partial charge is 0.329 e. The average Bonchev–Trinajstić information content (AvgIpc) is 3.06. The minimum absolute atomic E-state index is 0.00750. The summed E-state index contributed by atoms with van der Waals surface area (Å²) in [5, 5.41) is 6.28. The van der Waals surface area contributed by atoms with E-state index in [1.807, 2.05) is 0 Å². The topological polar surface area (TPSA) is 89.0 Å². The molecule has 124 valence electrons. The molecule has 0 aromatic heterocycles. The molecule has 0 bridgehead atoms. The second-order valence-electron chi connectivity index (χ2n) is 4.94. The number of benzene rings is 1. The lowest BCUT2D eigenvalue weighted by Gasteiger charge is -2.09. The number of nitrogens with zero attached hydrogens (tertiary/aromatic N) is 1. The van der Waals surface area contributed by atoms with Gasteiger partial charge in [0.05, 0.1) is 23.9 Å². The maximum atomic E-state index is 11.6. The Hall–Kier alpha value is -1.93. The fraction of sp³-hybridized carbons (Fsp3) is 0.400. The monoisotopic (exact) mass is 383 g/mol. The second-order valence-corrected chi connectivity index (χ2v) is 5.79. The van der Waals surface area contributed by atoms with Crippen LogP contribution in [-0.4, -0.2) is 44.4 Å². The molecule has 1 fully saturated rings. The van der Waals surface area contributed by atoms with E-state index in [0.717, 1.165) is 22.9 Å². The van der Waals surface area contributed by atoms with Crippen molar-refractivity contribution < 1.29 is 19.1 Å². The van der Waals surface area contributed by atoms with E-state index in [9.17, 15) is 9.59 Å². The Morgan fingerprint density at radius 2 is 2.30 bits per heavy atom. The van der Waals surface area contributed by atoms with Gasteiger partial charge in [0.25, 0.3) is 0 Å². The summed E-state index contributed by atoms with van der Waals surface area (Å²) in [7, 11) is 1.57. The van der Waals surface area contributed by atoms with E-state index >= 15 is 0 Å². The van der Waals surface area contributed by atoms with Crippen LogP contribution in [-0.2, 0) is 14.3 Å². The summed E-state index contributed by atoms with van der Waals surface area (Å²) in [5.74, 6) is -0.847. The molecule has 1 atom stereocenters. The van der Waals surface area contributed by atoms with Crippen LogP contribution < -0.4 is 15.5 Å².